The van der Waals surface area contributed by atoms with Crippen molar-refractivity contribution in [3.8, 4) is 23.0 Å². The third-order valence-electron chi connectivity index (χ3n) is 7.60. The molecular weight excluding hydrogens is 592 g/mol. The third kappa shape index (κ3) is 5.84. The van der Waals surface area contributed by atoms with Gasteiger partial charge in [0.05, 0.1) is 37.1 Å². The second-order valence-corrected chi connectivity index (χ2v) is 11.3. The topological polar surface area (TPSA) is 104 Å². The summed E-state index contributed by atoms with van der Waals surface area (Å²) >= 11 is 1.25. The summed E-state index contributed by atoms with van der Waals surface area (Å²) in [4.78, 5) is 47.5. The van der Waals surface area contributed by atoms with Gasteiger partial charge in [0.2, 0.25) is 5.78 Å². The molecule has 5 aromatic rings. The number of Topliss-reactive ketones (excluding diaryl/α,β-unsaturated/α-hetero) is 2. The average molecular weight is 623 g/mol. The van der Waals surface area contributed by atoms with E-state index in [1.54, 1.807) is 54.6 Å². The molecule has 0 radical (unpaired) electrons. The van der Waals surface area contributed by atoms with Crippen molar-refractivity contribution in [2.75, 3.05) is 25.7 Å². The minimum Gasteiger partial charge on any atom is -0.497 e. The number of methoxy groups -OCH3 is 2. The summed E-state index contributed by atoms with van der Waals surface area (Å²) in [5.74, 6) is -1.30. The van der Waals surface area contributed by atoms with Crippen LogP contribution in [0.3, 0.4) is 0 Å². The van der Waals surface area contributed by atoms with Crippen LogP contribution in [0.15, 0.2) is 91.0 Å². The largest absolute Gasteiger partial charge is 0.497 e. The van der Waals surface area contributed by atoms with Gasteiger partial charge in [-0.2, -0.15) is 0 Å². The molecule has 45 heavy (non-hydrogen) atoms. The number of aromatic nitrogens is 1. The van der Waals surface area contributed by atoms with Crippen LogP contribution in [0.4, 0.5) is 5.13 Å². The Kier molecular flexibility index (Phi) is 8.48. The van der Waals surface area contributed by atoms with Crippen LogP contribution in [0.2, 0.25) is 0 Å². The van der Waals surface area contributed by atoms with E-state index in [2.05, 4.69) is 0 Å². The molecule has 228 valence electrons. The zero-order chi connectivity index (χ0) is 31.5. The van der Waals surface area contributed by atoms with Crippen LogP contribution in [-0.2, 0) is 16.2 Å². The number of thiazole rings is 1. The second kappa shape index (κ2) is 12.8. The Bertz CT molecular complexity index is 1870. The van der Waals surface area contributed by atoms with Gasteiger partial charge in [0.25, 0.3) is 5.91 Å². The predicted octanol–water partition coefficient (Wildman–Crippen LogP) is 6.45. The molecule has 1 aliphatic rings. The van der Waals surface area contributed by atoms with Crippen LogP contribution < -0.4 is 23.8 Å². The van der Waals surface area contributed by atoms with Gasteiger partial charge < -0.3 is 18.9 Å². The molecule has 4 aromatic carbocycles. The van der Waals surface area contributed by atoms with E-state index in [-0.39, 0.29) is 5.56 Å². The van der Waals surface area contributed by atoms with E-state index in [4.69, 9.17) is 23.9 Å². The molecule has 1 aliphatic heterocycles. The number of benzene rings is 4. The van der Waals surface area contributed by atoms with Crippen molar-refractivity contribution in [3.05, 3.63) is 108 Å². The molecule has 10 heteroatoms. The number of hydrogen-bond donors (Lipinski definition) is 0. The molecule has 6 rings (SSSR count). The number of carbonyl (C=O) groups is 3. The second-order valence-electron chi connectivity index (χ2n) is 10.3. The van der Waals surface area contributed by atoms with Crippen LogP contribution in [0.1, 0.15) is 34.5 Å². The van der Waals surface area contributed by atoms with Crippen LogP contribution >= 0.6 is 11.3 Å². The van der Waals surface area contributed by atoms with Gasteiger partial charge in [-0.1, -0.05) is 47.7 Å². The highest BCUT2D eigenvalue weighted by Gasteiger charge is 2.53. The maximum absolute atomic E-state index is 14.0. The van der Waals surface area contributed by atoms with Crippen molar-refractivity contribution in [1.29, 1.82) is 0 Å². The zero-order valence-electron chi connectivity index (χ0n) is 24.9. The molecule has 0 bridgehead atoms. The Labute approximate surface area is 263 Å². The molecular formula is C35H30N2O7S. The molecule has 1 saturated heterocycles. The van der Waals surface area contributed by atoms with Gasteiger partial charge in [0, 0.05) is 5.56 Å². The van der Waals surface area contributed by atoms with E-state index in [0.717, 1.165) is 10.3 Å². The van der Waals surface area contributed by atoms with Gasteiger partial charge in [-0.05, 0) is 72.6 Å². The molecule has 0 saturated carbocycles. The fourth-order valence-corrected chi connectivity index (χ4v) is 6.42. The Morgan fingerprint density at radius 2 is 1.60 bits per heavy atom. The summed E-state index contributed by atoms with van der Waals surface area (Å²) in [7, 11) is 3.04. The summed E-state index contributed by atoms with van der Waals surface area (Å²) in [5, 5.41) is 0.301. The fraction of sp³-hybridized carbons (Fsp3) is 0.200. The summed E-state index contributed by atoms with van der Waals surface area (Å²) in [6, 6.07) is 25.8. The van der Waals surface area contributed by atoms with Gasteiger partial charge in [0.1, 0.15) is 24.0 Å². The maximum atomic E-state index is 14.0. The molecule has 2 unspecified atom stereocenters. The van der Waals surface area contributed by atoms with Crippen molar-refractivity contribution >= 4 is 44.2 Å². The molecule has 0 aliphatic carbocycles. The number of hydrogen-bond acceptors (Lipinski definition) is 9. The quantitative estimate of drug-likeness (QED) is 0.0941. The third-order valence-corrected chi connectivity index (χ3v) is 8.61. The van der Waals surface area contributed by atoms with Crippen LogP contribution in [0.25, 0.3) is 10.2 Å². The SMILES string of the molecule is CCOc1ccc2nc(N3C(=O)C(=O)C(C(=O)c4ccc(OC)cc4)C3c3ccc(OCc4ccccc4)c(OC)c3)sc2c1. The highest BCUT2D eigenvalue weighted by molar-refractivity contribution is 7.22. The van der Waals surface area contributed by atoms with Crippen LogP contribution in [0, 0.1) is 5.92 Å². The molecule has 2 heterocycles. The van der Waals surface area contributed by atoms with Crippen molar-refractivity contribution < 1.29 is 33.3 Å². The Hall–Kier alpha value is -5.22. The molecule has 0 N–H and O–H groups in total. The first-order chi connectivity index (χ1) is 21.9. The zero-order valence-corrected chi connectivity index (χ0v) is 25.7. The van der Waals surface area contributed by atoms with Gasteiger partial charge in [0.15, 0.2) is 22.4 Å². The maximum Gasteiger partial charge on any atom is 0.297 e. The molecule has 9 nitrogen and oxygen atoms in total. The van der Waals surface area contributed by atoms with Gasteiger partial charge in [-0.25, -0.2) is 4.98 Å². The smallest absolute Gasteiger partial charge is 0.297 e. The number of amides is 1. The highest BCUT2D eigenvalue weighted by Crippen LogP contribution is 2.45. The minimum absolute atomic E-state index is 0.286. The lowest BCUT2D eigenvalue weighted by Crippen LogP contribution is -2.30. The Balaban J connectivity index is 1.42. The highest BCUT2D eigenvalue weighted by atomic mass is 32.1. The summed E-state index contributed by atoms with van der Waals surface area (Å²) in [6.45, 7) is 2.71. The van der Waals surface area contributed by atoms with E-state index in [0.29, 0.717) is 52.4 Å². The van der Waals surface area contributed by atoms with Gasteiger partial charge in [-0.15, -0.1) is 0 Å². The Morgan fingerprint density at radius 1 is 0.844 bits per heavy atom. The van der Waals surface area contributed by atoms with E-state index < -0.39 is 29.4 Å². The molecule has 1 aromatic heterocycles. The number of fused-ring (bicyclic) bond motifs is 1. The van der Waals surface area contributed by atoms with E-state index in [1.165, 1.54) is 30.5 Å². The number of ether oxygens (including phenoxy) is 4. The number of ketones is 2. The summed E-state index contributed by atoms with van der Waals surface area (Å²) in [5.41, 5.74) is 2.44. The standard InChI is InChI=1S/C35H30N2O7S/c1-4-43-25-15-16-26-29(19-25)45-35(36-26)37-31(30(33(39)34(37)40)32(38)22-10-13-24(41-2)14-11-22)23-12-17-27(28(18-23)42-3)44-20-21-8-6-5-7-9-21/h5-19,30-31H,4,20H2,1-3H3. The van der Waals surface area contributed by atoms with E-state index in [9.17, 15) is 14.4 Å². The van der Waals surface area contributed by atoms with E-state index in [1.807, 2.05) is 43.3 Å². The first-order valence-electron chi connectivity index (χ1n) is 14.4. The summed E-state index contributed by atoms with van der Waals surface area (Å²) < 4.78 is 23.4. The van der Waals surface area contributed by atoms with Crippen LogP contribution in [-0.4, -0.2) is 43.3 Å². The van der Waals surface area contributed by atoms with Crippen molar-refractivity contribution in [3.63, 3.8) is 0 Å². The van der Waals surface area contributed by atoms with Crippen molar-refractivity contribution in [2.45, 2.75) is 19.6 Å². The molecule has 1 amide bonds. The van der Waals surface area contributed by atoms with Crippen LogP contribution in [0.5, 0.6) is 23.0 Å². The van der Waals surface area contributed by atoms with Gasteiger partial charge in [-0.3, -0.25) is 19.3 Å². The lowest BCUT2D eigenvalue weighted by atomic mass is 9.86. The summed E-state index contributed by atoms with van der Waals surface area (Å²) in [6.07, 6.45) is 0. The monoisotopic (exact) mass is 622 g/mol. The Morgan fingerprint density at radius 3 is 2.31 bits per heavy atom. The van der Waals surface area contributed by atoms with Gasteiger partial charge >= 0.3 is 0 Å². The number of nitrogens with zero attached hydrogens (tertiary/aromatic N) is 2. The average Bonchev–Trinajstić information content (AvgIpc) is 3.61. The fourth-order valence-electron chi connectivity index (χ4n) is 5.39. The number of rotatable bonds is 11. The van der Waals surface area contributed by atoms with Crippen molar-refractivity contribution in [2.24, 2.45) is 5.92 Å². The minimum atomic E-state index is -1.32. The van der Waals surface area contributed by atoms with E-state index >= 15 is 0 Å². The number of carbonyl (C=O) groups excluding carboxylic acids is 3. The molecule has 1 fully saturated rings. The lowest BCUT2D eigenvalue weighted by Gasteiger charge is -2.26. The lowest BCUT2D eigenvalue weighted by molar-refractivity contribution is -0.135. The molecule has 0 spiro atoms. The van der Waals surface area contributed by atoms with Crippen molar-refractivity contribution in [1.82, 2.24) is 4.98 Å². The predicted molar refractivity (Wildman–Crippen MR) is 171 cm³/mol. The normalized spacial score (nSPS) is 16.2. The first kappa shape index (κ1) is 29.8. The first-order valence-corrected chi connectivity index (χ1v) is 15.2. The molecule has 2 atom stereocenters. The number of anilines is 1.